The third-order valence-electron chi connectivity index (χ3n) is 8.56. The molecule has 3 unspecified atom stereocenters. The van der Waals surface area contributed by atoms with Crippen LogP contribution in [0.1, 0.15) is 74.7 Å². The molecule has 15 heteroatoms. The number of halogens is 2. The Labute approximate surface area is 267 Å². The normalized spacial score (nSPS) is 25.9. The van der Waals surface area contributed by atoms with E-state index in [4.69, 9.17) is 31.0 Å². The van der Waals surface area contributed by atoms with Gasteiger partial charge in [-0.3, -0.25) is 9.46 Å². The van der Waals surface area contributed by atoms with E-state index in [1.54, 1.807) is 6.92 Å². The maximum atomic E-state index is 15.9. The first-order valence-corrected chi connectivity index (χ1v) is 23.2. The van der Waals surface area contributed by atoms with Gasteiger partial charge in [-0.05, 0) is 72.5 Å². The standard InChI is InChI=1S/C29H57BF2N2O7P2Si/c1-14-38-43(11,36)19-16-28(20-29(31,32)42(9,10)35)24(23(25(30)40-28)41-44(12,13)27(6,7)8)39-26(37-18-15-17-33)34(21(2)3)22(4)5/h21-26H,14-16,18-20H2,1-13H3/t23-,24?,25+,26?,28+,43?/m0/s1. The molecule has 44 heavy (non-hydrogen) atoms. The molecular formula is C29H57BF2N2O7P2Si. The molecule has 0 aromatic rings. The van der Waals surface area contributed by atoms with Gasteiger partial charge in [-0.1, -0.05) is 20.8 Å². The van der Waals surface area contributed by atoms with Gasteiger partial charge >= 0.3 is 0 Å². The molecule has 1 aliphatic rings. The molecule has 1 rings (SSSR count). The van der Waals surface area contributed by atoms with Crippen LogP contribution in [0, 0.1) is 11.3 Å². The highest BCUT2D eigenvalue weighted by atomic mass is 31.2. The Morgan fingerprint density at radius 3 is 2.09 bits per heavy atom. The second-order valence-electron chi connectivity index (χ2n) is 14.4. The molecule has 0 N–H and O–H groups in total. The zero-order valence-corrected chi connectivity index (χ0v) is 32.0. The quantitative estimate of drug-likeness (QED) is 0.0636. The summed E-state index contributed by atoms with van der Waals surface area (Å²) in [6, 6.07) is 0.659. The molecule has 6 atom stereocenters. The molecule has 0 bridgehead atoms. The third-order valence-corrected chi connectivity index (χ3v) is 16.6. The van der Waals surface area contributed by atoms with Crippen LogP contribution in [0.5, 0.6) is 0 Å². The highest BCUT2D eigenvalue weighted by Crippen LogP contribution is 2.60. The van der Waals surface area contributed by atoms with E-state index in [9.17, 15) is 14.4 Å². The Kier molecular flexibility index (Phi) is 15.1. The van der Waals surface area contributed by atoms with Crippen molar-refractivity contribution in [3.05, 3.63) is 0 Å². The average Bonchev–Trinajstić information content (AvgIpc) is 3.05. The molecular weight excluding hydrogens is 627 g/mol. The van der Waals surface area contributed by atoms with Gasteiger partial charge in [0.05, 0.1) is 38.2 Å². The van der Waals surface area contributed by atoms with Gasteiger partial charge in [0, 0.05) is 30.9 Å². The second-order valence-corrected chi connectivity index (χ2v) is 25.2. The summed E-state index contributed by atoms with van der Waals surface area (Å²) >= 11 is 0. The number of nitrogens with zero attached hydrogens (tertiary/aromatic N) is 2. The van der Waals surface area contributed by atoms with Crippen molar-refractivity contribution in [1.29, 1.82) is 5.26 Å². The number of alkyl halides is 2. The van der Waals surface area contributed by atoms with E-state index in [2.05, 4.69) is 6.07 Å². The lowest BCUT2D eigenvalue weighted by molar-refractivity contribution is -0.284. The number of nitriles is 1. The summed E-state index contributed by atoms with van der Waals surface area (Å²) in [5.41, 5.74) is -5.53. The molecule has 0 amide bonds. The van der Waals surface area contributed by atoms with Crippen LogP contribution in [-0.4, -0.2) is 108 Å². The smallest absolute Gasteiger partial charge is 0.300 e. The van der Waals surface area contributed by atoms with Gasteiger partial charge in [0.1, 0.15) is 26.7 Å². The van der Waals surface area contributed by atoms with Crippen LogP contribution in [0.2, 0.25) is 18.1 Å². The maximum absolute atomic E-state index is 15.9. The first-order valence-electron chi connectivity index (χ1n) is 15.4. The van der Waals surface area contributed by atoms with Crippen LogP contribution in [0.3, 0.4) is 0 Å². The molecule has 0 aromatic heterocycles. The minimum absolute atomic E-state index is 0.0290. The first kappa shape index (κ1) is 41.9. The molecule has 1 aliphatic heterocycles. The highest BCUT2D eigenvalue weighted by molar-refractivity contribution is 7.63. The molecule has 1 saturated heterocycles. The average molecular weight is 685 g/mol. The van der Waals surface area contributed by atoms with E-state index in [1.807, 2.05) is 66.5 Å². The number of hydrogen-bond donors (Lipinski definition) is 0. The predicted octanol–water partition coefficient (Wildman–Crippen LogP) is 7.30. The lowest BCUT2D eigenvalue weighted by Gasteiger charge is -2.45. The lowest BCUT2D eigenvalue weighted by Crippen LogP contribution is -2.58. The monoisotopic (exact) mass is 684 g/mol. The Morgan fingerprint density at radius 1 is 1.11 bits per heavy atom. The van der Waals surface area contributed by atoms with E-state index >= 15 is 8.78 Å². The van der Waals surface area contributed by atoms with Crippen LogP contribution in [0.15, 0.2) is 0 Å². The molecule has 1 heterocycles. The fraction of sp³-hybridized carbons (Fsp3) is 0.966. The summed E-state index contributed by atoms with van der Waals surface area (Å²) in [7, 11) is -3.23. The van der Waals surface area contributed by atoms with Crippen molar-refractivity contribution in [1.82, 2.24) is 4.90 Å². The predicted molar refractivity (Wildman–Crippen MR) is 176 cm³/mol. The van der Waals surface area contributed by atoms with E-state index < -0.39 is 65.1 Å². The Balaban J connectivity index is 3.96. The van der Waals surface area contributed by atoms with Crippen LogP contribution in [-0.2, 0) is 32.3 Å². The Bertz CT molecular complexity index is 1060. The fourth-order valence-corrected chi connectivity index (χ4v) is 8.45. The summed E-state index contributed by atoms with van der Waals surface area (Å²) < 4.78 is 89.4. The van der Waals surface area contributed by atoms with Crippen LogP contribution in [0.4, 0.5) is 8.78 Å². The number of rotatable bonds is 18. The van der Waals surface area contributed by atoms with Crippen LogP contribution in [0.25, 0.3) is 0 Å². The van der Waals surface area contributed by atoms with Gasteiger partial charge in [-0.15, -0.1) is 0 Å². The van der Waals surface area contributed by atoms with Crippen molar-refractivity contribution >= 4 is 30.7 Å². The van der Waals surface area contributed by atoms with Crippen LogP contribution < -0.4 is 0 Å². The minimum atomic E-state index is -4.00. The van der Waals surface area contributed by atoms with Gasteiger partial charge in [0.2, 0.25) is 6.41 Å². The maximum Gasteiger partial charge on any atom is 0.300 e. The zero-order valence-electron chi connectivity index (χ0n) is 29.2. The van der Waals surface area contributed by atoms with Crippen molar-refractivity contribution < 1.29 is 41.1 Å². The molecule has 0 spiro atoms. The molecule has 0 aromatic carbocycles. The van der Waals surface area contributed by atoms with Gasteiger partial charge in [0.25, 0.3) is 5.66 Å². The van der Waals surface area contributed by atoms with Gasteiger partial charge in [-0.25, -0.2) is 0 Å². The fourth-order valence-electron chi connectivity index (χ4n) is 5.05. The lowest BCUT2D eigenvalue weighted by atomic mass is 9.85. The third kappa shape index (κ3) is 11.0. The summed E-state index contributed by atoms with van der Waals surface area (Å²) in [6.07, 6.45) is -4.53. The first-order chi connectivity index (χ1) is 19.8. The van der Waals surface area contributed by atoms with E-state index in [0.717, 1.165) is 13.3 Å². The summed E-state index contributed by atoms with van der Waals surface area (Å²) in [4.78, 5) is 1.92. The summed E-state index contributed by atoms with van der Waals surface area (Å²) in [5, 5.41) is 8.92. The van der Waals surface area contributed by atoms with Crippen molar-refractivity contribution in [2.75, 3.05) is 39.4 Å². The molecule has 256 valence electrons. The Morgan fingerprint density at radius 2 is 1.66 bits per heavy atom. The number of hydrogen-bond acceptors (Lipinski definition) is 9. The topological polar surface area (TPSA) is 107 Å². The minimum Gasteiger partial charge on any atom is -0.409 e. The van der Waals surface area contributed by atoms with Gasteiger partial charge < -0.3 is 27.7 Å². The van der Waals surface area contributed by atoms with Crippen molar-refractivity contribution in [3.63, 3.8) is 0 Å². The SMILES string of the molecule is [B][C@@H]1O[C@](CCP(C)(=O)OCC)(CC(F)(F)P(C)(C)=O)C(OC(OCCC#N)N(C(C)C)C(C)C)[C@@H]1O[Si](C)(C)C(C)(C)C. The second kappa shape index (κ2) is 15.8. The van der Waals surface area contributed by atoms with Crippen molar-refractivity contribution in [2.24, 2.45) is 0 Å². The molecule has 9 nitrogen and oxygen atoms in total. The van der Waals surface area contributed by atoms with Gasteiger partial charge in [-0.2, -0.15) is 14.0 Å². The van der Waals surface area contributed by atoms with E-state index in [0.29, 0.717) is 0 Å². The Hall–Kier alpha value is -0.148. The van der Waals surface area contributed by atoms with E-state index in [1.165, 1.54) is 6.66 Å². The largest absolute Gasteiger partial charge is 0.409 e. The van der Waals surface area contributed by atoms with Gasteiger partial charge in [0.15, 0.2) is 15.7 Å². The molecule has 0 aliphatic carbocycles. The highest BCUT2D eigenvalue weighted by Gasteiger charge is 2.62. The molecule has 0 saturated carbocycles. The zero-order chi connectivity index (χ0) is 34.5. The van der Waals surface area contributed by atoms with E-state index in [-0.39, 0.29) is 49.3 Å². The number of ether oxygens (including phenoxy) is 3. The van der Waals surface area contributed by atoms with Crippen molar-refractivity contribution in [2.45, 2.75) is 141 Å². The summed E-state index contributed by atoms with van der Waals surface area (Å²) in [6.45, 7) is 23.4. The molecule has 1 fully saturated rings. The van der Waals surface area contributed by atoms with Crippen molar-refractivity contribution in [3.8, 4) is 6.07 Å². The van der Waals surface area contributed by atoms with Crippen LogP contribution >= 0.6 is 14.5 Å². The summed E-state index contributed by atoms with van der Waals surface area (Å²) in [5.74, 6) is 0. The molecule has 2 radical (unpaired) electrons.